The van der Waals surface area contributed by atoms with Crippen LogP contribution in [0.25, 0.3) is 5.95 Å². The number of nitrogens with zero attached hydrogens (tertiary/aromatic N) is 4. The Kier molecular flexibility index (Phi) is 8.32. The normalized spacial score (nSPS) is 11.5. The first-order chi connectivity index (χ1) is 19.2. The quantitative estimate of drug-likeness (QED) is 0.0926. The van der Waals surface area contributed by atoms with Crippen molar-refractivity contribution in [2.75, 3.05) is 25.6 Å². The molecule has 0 aliphatic carbocycles. The van der Waals surface area contributed by atoms with E-state index in [0.717, 1.165) is 10.7 Å². The molecule has 0 fully saturated rings. The van der Waals surface area contributed by atoms with E-state index in [1.54, 1.807) is 6.07 Å². The van der Waals surface area contributed by atoms with Gasteiger partial charge in [0.25, 0.3) is 5.95 Å². The molecule has 4 rings (SSSR count). The summed E-state index contributed by atoms with van der Waals surface area (Å²) in [5.41, 5.74) is 4.63. The fraction of sp³-hybridized carbons (Fsp3) is 0.200. The van der Waals surface area contributed by atoms with Crippen LogP contribution in [0.2, 0.25) is 0 Å². The van der Waals surface area contributed by atoms with Gasteiger partial charge in [-0.3, -0.25) is 15.2 Å². The number of nitrogens with one attached hydrogen (secondary N) is 3. The minimum absolute atomic E-state index is 0.0359. The number of halogens is 2. The number of hydrogen-bond donors (Lipinski definition) is 4. The van der Waals surface area contributed by atoms with Gasteiger partial charge in [0.2, 0.25) is 0 Å². The fourth-order valence-corrected chi connectivity index (χ4v) is 3.65. The molecule has 0 aliphatic rings. The Morgan fingerprint density at radius 1 is 1.20 bits per heavy atom. The summed E-state index contributed by atoms with van der Waals surface area (Å²) in [6.07, 6.45) is 2.83. The Labute approximate surface area is 225 Å². The molecule has 15 heteroatoms. The van der Waals surface area contributed by atoms with E-state index in [1.165, 1.54) is 50.7 Å². The number of aromatic amines is 1. The summed E-state index contributed by atoms with van der Waals surface area (Å²) in [7, 11) is 1.36. The summed E-state index contributed by atoms with van der Waals surface area (Å²) in [5.74, 6) is -2.80. The highest BCUT2D eigenvalue weighted by Gasteiger charge is 2.27. The van der Waals surface area contributed by atoms with Crippen molar-refractivity contribution in [2.45, 2.75) is 13.0 Å². The summed E-state index contributed by atoms with van der Waals surface area (Å²) in [6.45, 7) is 0.946. The number of rotatable bonds is 11. The van der Waals surface area contributed by atoms with Gasteiger partial charge in [-0.05, 0) is 30.3 Å². The average molecular weight is 555 g/mol. The highest BCUT2D eigenvalue weighted by molar-refractivity contribution is 5.95. The van der Waals surface area contributed by atoms with Crippen molar-refractivity contribution in [3.8, 4) is 17.4 Å². The lowest BCUT2D eigenvalue weighted by molar-refractivity contribution is -0.141. The van der Waals surface area contributed by atoms with E-state index in [0.29, 0.717) is 0 Å². The standard InChI is InChI=1S/C25H24F2N8O5/c1-13(36)39-8-9-40-19-12-15(38-2)11-17(20(19)27)21(32-14-4-5-16(22(28)29)18(26)10-14)23-33-25(37)35(34-23)24-30-6-3-7-31-24/h3-7,10-12,21,32H,8-9H2,1-2H3,(H3,28,29)(H,33,34,37). The summed E-state index contributed by atoms with van der Waals surface area (Å²) >= 11 is 0. The Morgan fingerprint density at radius 2 is 1.95 bits per heavy atom. The van der Waals surface area contributed by atoms with Gasteiger partial charge in [-0.2, -0.15) is 0 Å². The average Bonchev–Trinajstić information content (AvgIpc) is 3.32. The third kappa shape index (κ3) is 6.20. The van der Waals surface area contributed by atoms with E-state index in [1.807, 2.05) is 0 Å². The Morgan fingerprint density at radius 3 is 2.60 bits per heavy atom. The number of nitrogen functional groups attached to an aromatic ring is 1. The number of aromatic nitrogens is 5. The van der Waals surface area contributed by atoms with Gasteiger partial charge in [-0.1, -0.05) is 0 Å². The highest BCUT2D eigenvalue weighted by Crippen LogP contribution is 2.35. The van der Waals surface area contributed by atoms with Crippen molar-refractivity contribution in [2.24, 2.45) is 5.73 Å². The van der Waals surface area contributed by atoms with Crippen molar-refractivity contribution < 1.29 is 27.8 Å². The predicted octanol–water partition coefficient (Wildman–Crippen LogP) is 2.06. The largest absolute Gasteiger partial charge is 0.497 e. The van der Waals surface area contributed by atoms with E-state index in [4.69, 9.17) is 25.4 Å². The molecule has 0 spiro atoms. The molecule has 13 nitrogen and oxygen atoms in total. The van der Waals surface area contributed by atoms with Gasteiger partial charge >= 0.3 is 11.7 Å². The molecule has 0 saturated carbocycles. The summed E-state index contributed by atoms with van der Waals surface area (Å²) in [4.78, 5) is 34.4. The molecule has 2 heterocycles. The predicted molar refractivity (Wildman–Crippen MR) is 138 cm³/mol. The van der Waals surface area contributed by atoms with Gasteiger partial charge in [0.05, 0.1) is 12.7 Å². The van der Waals surface area contributed by atoms with Crippen molar-refractivity contribution >= 4 is 17.5 Å². The van der Waals surface area contributed by atoms with Crippen LogP contribution in [0.15, 0.2) is 53.6 Å². The second-order valence-electron chi connectivity index (χ2n) is 8.18. The van der Waals surface area contributed by atoms with Crippen LogP contribution in [0.4, 0.5) is 14.5 Å². The lowest BCUT2D eigenvalue weighted by Crippen LogP contribution is -2.18. The zero-order valence-electron chi connectivity index (χ0n) is 21.3. The lowest BCUT2D eigenvalue weighted by Gasteiger charge is -2.21. The molecule has 1 atom stereocenters. The van der Waals surface area contributed by atoms with Gasteiger partial charge in [-0.25, -0.2) is 23.5 Å². The number of esters is 1. The minimum Gasteiger partial charge on any atom is -0.497 e. The number of H-pyrrole nitrogens is 1. The van der Waals surface area contributed by atoms with Crippen LogP contribution in [0.3, 0.4) is 0 Å². The van der Waals surface area contributed by atoms with E-state index in [2.05, 4.69) is 25.4 Å². The molecular formula is C25H24F2N8O5. The van der Waals surface area contributed by atoms with Crippen LogP contribution >= 0.6 is 0 Å². The maximum Gasteiger partial charge on any atom is 0.350 e. The van der Waals surface area contributed by atoms with Crippen molar-refractivity contribution in [1.82, 2.24) is 24.7 Å². The molecule has 2 aromatic carbocycles. The number of carbonyl (C=O) groups excluding carboxylic acids is 1. The fourth-order valence-electron chi connectivity index (χ4n) is 3.65. The second kappa shape index (κ2) is 12.0. The number of methoxy groups -OCH3 is 1. The van der Waals surface area contributed by atoms with Gasteiger partial charge in [0.1, 0.15) is 36.7 Å². The van der Waals surface area contributed by atoms with E-state index >= 15 is 4.39 Å². The van der Waals surface area contributed by atoms with Crippen LogP contribution in [-0.4, -0.2) is 56.9 Å². The number of benzene rings is 2. The van der Waals surface area contributed by atoms with Crippen LogP contribution in [0.5, 0.6) is 11.5 Å². The molecule has 5 N–H and O–H groups in total. The van der Waals surface area contributed by atoms with E-state index in [9.17, 15) is 14.0 Å². The van der Waals surface area contributed by atoms with Gasteiger partial charge in [-0.15, -0.1) is 9.78 Å². The molecular weight excluding hydrogens is 530 g/mol. The second-order valence-corrected chi connectivity index (χ2v) is 8.18. The number of ether oxygens (including phenoxy) is 3. The number of anilines is 1. The molecule has 40 heavy (non-hydrogen) atoms. The molecule has 0 aliphatic heterocycles. The topological polar surface area (TPSA) is 183 Å². The van der Waals surface area contributed by atoms with Crippen LogP contribution in [0.1, 0.15) is 29.9 Å². The Hall–Kier alpha value is -5.34. The third-order valence-electron chi connectivity index (χ3n) is 5.45. The maximum atomic E-state index is 15.9. The molecule has 0 radical (unpaired) electrons. The minimum atomic E-state index is -1.23. The van der Waals surface area contributed by atoms with Gasteiger partial charge < -0.3 is 25.3 Å². The molecule has 0 saturated heterocycles. The lowest BCUT2D eigenvalue weighted by atomic mass is 10.0. The van der Waals surface area contributed by atoms with Crippen LogP contribution in [0, 0.1) is 17.0 Å². The molecule has 4 aromatic rings. The molecule has 1 unspecified atom stereocenters. The summed E-state index contributed by atoms with van der Waals surface area (Å²) < 4.78 is 47.0. The number of amidine groups is 1. The first-order valence-corrected chi connectivity index (χ1v) is 11.7. The maximum absolute atomic E-state index is 15.9. The van der Waals surface area contributed by atoms with E-state index < -0.39 is 35.2 Å². The molecule has 208 valence electrons. The molecule has 0 bridgehead atoms. The van der Waals surface area contributed by atoms with E-state index in [-0.39, 0.29) is 53.3 Å². The van der Waals surface area contributed by atoms with Crippen molar-refractivity contribution in [3.05, 3.63) is 87.9 Å². The zero-order chi connectivity index (χ0) is 28.8. The SMILES string of the molecule is COc1cc(OCCOC(C)=O)c(F)c(C(Nc2ccc(C(=N)N)c(F)c2)c2nn(-c3ncccn3)c(=O)[nH]2)c1. The summed E-state index contributed by atoms with van der Waals surface area (Å²) in [5, 5.41) is 14.7. The zero-order valence-corrected chi connectivity index (χ0v) is 21.3. The smallest absolute Gasteiger partial charge is 0.350 e. The van der Waals surface area contributed by atoms with Gasteiger partial charge in [0, 0.05) is 36.6 Å². The monoisotopic (exact) mass is 554 g/mol. The first kappa shape index (κ1) is 27.7. The van der Waals surface area contributed by atoms with Crippen molar-refractivity contribution in [3.63, 3.8) is 0 Å². The van der Waals surface area contributed by atoms with Crippen LogP contribution in [-0.2, 0) is 9.53 Å². The number of hydrogen-bond acceptors (Lipinski definition) is 10. The highest BCUT2D eigenvalue weighted by atomic mass is 19.1. The van der Waals surface area contributed by atoms with Crippen molar-refractivity contribution in [1.29, 1.82) is 5.41 Å². The van der Waals surface area contributed by atoms with Gasteiger partial charge in [0.15, 0.2) is 17.4 Å². The number of carbonyl (C=O) groups is 1. The number of nitrogens with two attached hydrogens (primary N) is 1. The Balaban J connectivity index is 1.80. The first-order valence-electron chi connectivity index (χ1n) is 11.7. The van der Waals surface area contributed by atoms with Crippen LogP contribution < -0.4 is 26.2 Å². The molecule has 2 aromatic heterocycles. The third-order valence-corrected chi connectivity index (χ3v) is 5.45. The molecule has 0 amide bonds. The summed E-state index contributed by atoms with van der Waals surface area (Å²) in [6, 6.07) is 6.74. The Bertz CT molecular complexity index is 1590.